The third-order valence-corrected chi connectivity index (χ3v) is 18.7. The Morgan fingerprint density at radius 3 is 1.01 bits per heavy atom. The molecule has 8 aromatic rings. The molecular weight excluding hydrogens is 2110 g/mol. The van der Waals surface area contributed by atoms with E-state index in [0.717, 1.165) is 50.4 Å². The molecular formula is C103H148N8OSY8-16. The zero-order valence-electron chi connectivity index (χ0n) is 79.5. The number of amides is 1. The van der Waals surface area contributed by atoms with Gasteiger partial charge in [-0.15, -0.1) is 63.2 Å². The minimum atomic E-state index is 0. The Kier molecular flexibility index (Phi) is 103. The molecule has 0 atom stereocenters. The molecule has 8 aromatic carbocycles. The number of thioether (sulfide) groups is 1. The average Bonchev–Trinajstić information content (AvgIpc) is 1.75. The molecule has 0 N–H and O–H groups in total. The van der Waals surface area contributed by atoms with Gasteiger partial charge in [0.2, 0.25) is 5.91 Å². The number of fused-ring (bicyclic) bond motifs is 8. The first kappa shape index (κ1) is 138. The fraction of sp³-hybridized carbons (Fsp3) is 0.447. The van der Waals surface area contributed by atoms with Crippen LogP contribution in [0.1, 0.15) is 202 Å². The topological polar surface area (TPSA) is 43.0 Å². The second-order valence-corrected chi connectivity index (χ2v) is 30.3. The number of nitrogens with zero attached hydrogens (tertiary/aromatic N) is 8. The molecule has 8 radical (unpaired) electrons. The van der Waals surface area contributed by atoms with Crippen molar-refractivity contribution in [3.63, 3.8) is 0 Å². The van der Waals surface area contributed by atoms with Gasteiger partial charge in [-0.05, 0) is 73.0 Å². The third kappa shape index (κ3) is 60.4. The van der Waals surface area contributed by atoms with Crippen molar-refractivity contribution in [1.82, 2.24) is 19.6 Å². The molecule has 16 rings (SSSR count). The van der Waals surface area contributed by atoms with Crippen LogP contribution in [0.5, 0.6) is 0 Å². The number of anilines is 4. The summed E-state index contributed by atoms with van der Waals surface area (Å²) in [5, 5.41) is 0. The number of benzene rings is 8. The van der Waals surface area contributed by atoms with Gasteiger partial charge in [0.1, 0.15) is 0 Å². The van der Waals surface area contributed by atoms with E-state index in [1.165, 1.54) is 180 Å². The van der Waals surface area contributed by atoms with Crippen molar-refractivity contribution in [2.24, 2.45) is 0 Å². The van der Waals surface area contributed by atoms with Crippen molar-refractivity contribution in [3.8, 4) is 0 Å². The van der Waals surface area contributed by atoms with Gasteiger partial charge in [-0.3, -0.25) is 4.79 Å². The van der Waals surface area contributed by atoms with E-state index in [0.29, 0.717) is 0 Å². The number of rotatable bonds is 0. The second kappa shape index (κ2) is 90.6. The van der Waals surface area contributed by atoms with Gasteiger partial charge in [-0.1, -0.05) is 71.7 Å². The van der Waals surface area contributed by atoms with Crippen molar-refractivity contribution >= 4 is 40.4 Å². The Labute approximate surface area is 951 Å². The molecule has 0 saturated heterocycles. The number of hydrogen-bond donors (Lipinski definition) is 0. The van der Waals surface area contributed by atoms with Crippen LogP contribution in [-0.4, -0.2) is 133 Å². The Morgan fingerprint density at radius 2 is 0.562 bits per heavy atom. The maximum atomic E-state index is 11.3. The van der Waals surface area contributed by atoms with E-state index >= 15 is 0 Å². The van der Waals surface area contributed by atoms with Gasteiger partial charge in [0.05, 0.1) is 0 Å². The summed E-state index contributed by atoms with van der Waals surface area (Å²) in [7, 11) is 16.9. The van der Waals surface area contributed by atoms with Crippen LogP contribution in [-0.2, 0) is 326 Å². The first-order valence-corrected chi connectivity index (χ1v) is 42.3. The quantitative estimate of drug-likeness (QED) is 0.138. The van der Waals surface area contributed by atoms with Crippen molar-refractivity contribution in [2.45, 2.75) is 206 Å². The first-order valence-electron chi connectivity index (χ1n) is 41.3. The molecule has 0 saturated carbocycles. The molecule has 0 aromatic heterocycles. The zero-order chi connectivity index (χ0) is 84.0. The summed E-state index contributed by atoms with van der Waals surface area (Å²) in [6, 6.07) is 74.0. The van der Waals surface area contributed by atoms with Crippen LogP contribution in [0, 0.1) is 99.9 Å². The molecule has 0 fully saturated rings. The predicted octanol–water partition coefficient (Wildman–Crippen LogP) is 23.3. The van der Waals surface area contributed by atoms with Crippen LogP contribution in [0.3, 0.4) is 0 Å². The Bertz CT molecular complexity index is 3540. The van der Waals surface area contributed by atoms with Gasteiger partial charge in [0.25, 0.3) is 0 Å². The molecule has 8 heterocycles. The van der Waals surface area contributed by atoms with Crippen LogP contribution in [0.25, 0.3) is 0 Å². The number of carbonyl (C=O) groups excluding carboxylic acids is 1. The smallest absolute Gasteiger partial charge is 0.228 e. The van der Waals surface area contributed by atoms with E-state index in [4.69, 9.17) is 0 Å². The molecule has 0 aliphatic carbocycles. The first-order chi connectivity index (χ1) is 54.7. The van der Waals surface area contributed by atoms with Crippen molar-refractivity contribution < 1.29 is 266 Å². The van der Waals surface area contributed by atoms with E-state index in [1.54, 1.807) is 11.0 Å². The molecule has 18 heteroatoms. The Hall–Kier alpha value is 1.49. The van der Waals surface area contributed by atoms with E-state index in [1.807, 2.05) is 236 Å². The molecule has 0 spiro atoms. The van der Waals surface area contributed by atoms with Gasteiger partial charge in [-0.2, -0.15) is 309 Å². The molecule has 9 nitrogen and oxygen atoms in total. The third-order valence-electron chi connectivity index (χ3n) is 17.7. The fourth-order valence-corrected chi connectivity index (χ4v) is 13.5. The predicted molar refractivity (Wildman–Crippen MR) is 497 cm³/mol. The molecule has 0 unspecified atom stereocenters. The molecule has 0 bridgehead atoms. The number of likely N-dealkylation sites (N-methyl/N-ethyl adjacent to an activating group) is 2. The standard InChI is InChI=1S/3C11H14N.C10H12N.C9H8NO.C9H10NS.2C9H10N.8C3H7.8Y/c1-12-9-5-4-7-10-6-2-3-8-11(10)12;1-12-8-4-7-10-5-2-3-6-11(10)9-12;1-12-8-6-10-4-2-3-5-11(10)7-9-12;1-11-8-4-6-9-5-2-3-7-10(9)11;1-10-6-7-4-2-3-5-8(7)9(10)11;1-10-6-7-11-9-5-3-2-4-8(9)10;1-10-6-8-4-2-3-5-9(8)7-10;1-10-7-6-8-4-2-3-5-9(8)10;8*1-3-2;;;;;;;;/h3,6,8H,4-5,7,9H2,1H3;3,5-6H,4,7-9H2,1H3;2,4-5H,6-9H2,1H3;3,5,7H,4,6,8H2,1H3;3-5H,6H2,1H3;2,4-5H,6-7H2,1H3;2,4-5H,6-7H2,1H3;3-5H,6-7H2,1H3;8*3H,1-2H3;;;;;;;;/q16*-1;;;;;;;;. The Balaban J connectivity index is -0.000000192. The van der Waals surface area contributed by atoms with Crippen molar-refractivity contribution in [1.29, 1.82) is 0 Å². The average molecular weight is 2260 g/mol. The van der Waals surface area contributed by atoms with Gasteiger partial charge in [0, 0.05) is 348 Å². The summed E-state index contributed by atoms with van der Waals surface area (Å²) in [5.41, 5.74) is 20.6. The van der Waals surface area contributed by atoms with Gasteiger partial charge >= 0.3 is 0 Å². The van der Waals surface area contributed by atoms with E-state index < -0.39 is 0 Å². The van der Waals surface area contributed by atoms with Crippen LogP contribution in [0.4, 0.5) is 22.7 Å². The van der Waals surface area contributed by atoms with Gasteiger partial charge in [0.15, 0.2) is 0 Å². The summed E-state index contributed by atoms with van der Waals surface area (Å²) in [6.07, 6.45) is 28.4. The monoisotopic (exact) mass is 2260 g/mol. The normalized spacial score (nSPS) is 13.6. The van der Waals surface area contributed by atoms with E-state index in [9.17, 15) is 4.79 Å². The molecule has 8 aliphatic heterocycles. The summed E-state index contributed by atoms with van der Waals surface area (Å²) >= 11 is 1.92. The van der Waals surface area contributed by atoms with Crippen molar-refractivity contribution in [2.75, 3.05) is 128 Å². The SMILES string of the molecule is CN1CCCCc2c[c-]ccc21.CN1CCCc2c[c-]ccc21.CN1CCCc2c[c-]ccc2C1.CN1CCSc2c[c-]ccc21.CN1CCc2c[c-]ccc21.CN1CCc2c[c-]ccc2CC1.CN1Cc2c[c-]ccc2C1.CN1Cc2c[c-]ccc2C1=O.C[CH-]C.C[CH-]C.C[CH-]C.C[CH-]C.C[CH-]C.C[CH-]C.C[CH-]C.C[CH-]C.[Y].[Y].[Y].[Y].[Y].[Y].[Y].[Y]. The second-order valence-electron chi connectivity index (χ2n) is 29.2. The molecule has 121 heavy (non-hydrogen) atoms. The molecule has 8 aliphatic rings. The summed E-state index contributed by atoms with van der Waals surface area (Å²) in [4.78, 5) is 30.7. The molecule has 652 valence electrons. The Morgan fingerprint density at radius 1 is 0.256 bits per heavy atom. The van der Waals surface area contributed by atoms with Crippen molar-refractivity contribution in [3.05, 3.63) is 307 Å². The number of aryl methyl sites for hydroxylation is 3. The summed E-state index contributed by atoms with van der Waals surface area (Å²) in [5.74, 6) is 1.32. The zero-order valence-corrected chi connectivity index (χ0v) is 103. The van der Waals surface area contributed by atoms with Gasteiger partial charge in [-0.25, -0.2) is 0 Å². The maximum absolute atomic E-state index is 11.3. The van der Waals surface area contributed by atoms with Crippen LogP contribution >= 0.6 is 11.8 Å². The van der Waals surface area contributed by atoms with E-state index in [2.05, 4.69) is 217 Å². The largest absolute Gasteiger partial charge is 0.397 e. The number of hydrogen-bond acceptors (Lipinski definition) is 9. The van der Waals surface area contributed by atoms with E-state index in [-0.39, 0.29) is 268 Å². The van der Waals surface area contributed by atoms with Crippen LogP contribution in [0.2, 0.25) is 0 Å². The molecule has 1 amide bonds. The van der Waals surface area contributed by atoms with Gasteiger partial charge < -0.3 is 90.6 Å². The van der Waals surface area contributed by atoms with Crippen LogP contribution in [0.15, 0.2) is 150 Å². The minimum Gasteiger partial charge on any atom is -0.397 e. The minimum absolute atomic E-state index is 0. The summed E-state index contributed by atoms with van der Waals surface area (Å²) in [6.45, 7) is 44.3. The number of carbonyl (C=O) groups is 1. The van der Waals surface area contributed by atoms with Crippen LogP contribution < -0.4 is 19.6 Å². The maximum Gasteiger partial charge on any atom is 0.228 e. The summed E-state index contributed by atoms with van der Waals surface area (Å²) < 4.78 is 0. The fourth-order valence-electron chi connectivity index (χ4n) is 12.4.